The predicted octanol–water partition coefficient (Wildman–Crippen LogP) is 1.81. The maximum absolute atomic E-state index is 12.2. The van der Waals surface area contributed by atoms with Crippen LogP contribution in [0.1, 0.15) is 12.8 Å². The molecule has 0 aromatic heterocycles. The highest BCUT2D eigenvalue weighted by Gasteiger charge is 2.27. The van der Waals surface area contributed by atoms with Crippen molar-refractivity contribution in [3.05, 3.63) is 27.1 Å². The van der Waals surface area contributed by atoms with Gasteiger partial charge in [0.25, 0.3) is 0 Å². The number of benzene rings is 1. The molecule has 1 aromatic carbocycles. The van der Waals surface area contributed by atoms with Crippen LogP contribution in [0.3, 0.4) is 0 Å². The van der Waals surface area contributed by atoms with Crippen molar-refractivity contribution < 1.29 is 28.2 Å². The molecular formula is C11H11Br2NO6S. The molecule has 10 heteroatoms. The molecule has 3 N–H and O–H groups in total. The van der Waals surface area contributed by atoms with E-state index in [0.717, 1.165) is 0 Å². The lowest BCUT2D eigenvalue weighted by molar-refractivity contribution is -0.140. The second kappa shape index (κ2) is 7.34. The number of nitrogens with one attached hydrogen (secondary N) is 1. The van der Waals surface area contributed by atoms with Gasteiger partial charge in [0.2, 0.25) is 10.0 Å². The van der Waals surface area contributed by atoms with Crippen molar-refractivity contribution in [3.63, 3.8) is 0 Å². The maximum Gasteiger partial charge on any atom is 0.321 e. The van der Waals surface area contributed by atoms with E-state index in [1.54, 1.807) is 0 Å². The summed E-state index contributed by atoms with van der Waals surface area (Å²) in [4.78, 5) is 21.4. The van der Waals surface area contributed by atoms with E-state index in [2.05, 4.69) is 31.9 Å². The lowest BCUT2D eigenvalue weighted by Gasteiger charge is -2.14. The van der Waals surface area contributed by atoms with Gasteiger partial charge in [-0.1, -0.05) is 15.9 Å². The lowest BCUT2D eigenvalue weighted by atomic mass is 10.2. The molecule has 0 bridgehead atoms. The molecule has 0 fully saturated rings. The maximum atomic E-state index is 12.2. The zero-order valence-electron chi connectivity index (χ0n) is 10.4. The Morgan fingerprint density at radius 3 is 2.33 bits per heavy atom. The van der Waals surface area contributed by atoms with Crippen molar-refractivity contribution in [2.24, 2.45) is 0 Å². The molecule has 0 radical (unpaired) electrons. The van der Waals surface area contributed by atoms with Gasteiger partial charge in [-0.25, -0.2) is 8.42 Å². The number of aliphatic carboxylic acids is 2. The van der Waals surface area contributed by atoms with Crippen LogP contribution < -0.4 is 4.72 Å². The second-order valence-electron chi connectivity index (χ2n) is 4.02. The molecule has 0 aliphatic rings. The van der Waals surface area contributed by atoms with Crippen molar-refractivity contribution in [2.75, 3.05) is 0 Å². The summed E-state index contributed by atoms with van der Waals surface area (Å²) in [6, 6.07) is 2.78. The number of hydrogen-bond donors (Lipinski definition) is 3. The van der Waals surface area contributed by atoms with Crippen LogP contribution in [0.25, 0.3) is 0 Å². The highest BCUT2D eigenvalue weighted by molar-refractivity contribution is 9.11. The third-order valence-electron chi connectivity index (χ3n) is 2.43. The zero-order valence-corrected chi connectivity index (χ0v) is 14.4. The highest BCUT2D eigenvalue weighted by atomic mass is 79.9. The third-order valence-corrected chi connectivity index (χ3v) is 5.37. The van der Waals surface area contributed by atoms with Crippen LogP contribution in [0, 0.1) is 0 Å². The molecule has 0 amide bonds. The van der Waals surface area contributed by atoms with E-state index in [-0.39, 0.29) is 15.8 Å². The molecule has 7 nitrogen and oxygen atoms in total. The Morgan fingerprint density at radius 2 is 1.86 bits per heavy atom. The lowest BCUT2D eigenvalue weighted by Crippen LogP contribution is -2.41. The molecule has 0 saturated heterocycles. The van der Waals surface area contributed by atoms with E-state index in [0.29, 0.717) is 4.47 Å². The van der Waals surface area contributed by atoms with Gasteiger partial charge in [0.15, 0.2) is 0 Å². The Kier molecular flexibility index (Phi) is 6.32. The van der Waals surface area contributed by atoms with Crippen molar-refractivity contribution in [1.29, 1.82) is 0 Å². The molecule has 0 aliphatic carbocycles. The largest absolute Gasteiger partial charge is 0.481 e. The summed E-state index contributed by atoms with van der Waals surface area (Å²) < 4.78 is 27.2. The summed E-state index contributed by atoms with van der Waals surface area (Å²) in [5.74, 6) is -2.64. The Hall–Kier alpha value is -0.970. The minimum absolute atomic E-state index is 0.132. The average Bonchev–Trinajstić information content (AvgIpc) is 2.33. The number of carbonyl (C=O) groups is 2. The van der Waals surface area contributed by atoms with E-state index < -0.39 is 34.4 Å². The first-order chi connectivity index (χ1) is 9.63. The topological polar surface area (TPSA) is 121 Å². The van der Waals surface area contributed by atoms with E-state index in [1.165, 1.54) is 18.2 Å². The smallest absolute Gasteiger partial charge is 0.321 e. The van der Waals surface area contributed by atoms with E-state index in [1.807, 2.05) is 4.72 Å². The molecule has 0 unspecified atom stereocenters. The Labute approximate surface area is 137 Å². The average molecular weight is 445 g/mol. The van der Waals surface area contributed by atoms with Crippen molar-refractivity contribution in [1.82, 2.24) is 4.72 Å². The number of hydrogen-bond acceptors (Lipinski definition) is 4. The fourth-order valence-electron chi connectivity index (χ4n) is 1.44. The van der Waals surface area contributed by atoms with E-state index in [9.17, 15) is 18.0 Å². The van der Waals surface area contributed by atoms with Crippen LogP contribution in [0.15, 0.2) is 32.0 Å². The summed E-state index contributed by atoms with van der Waals surface area (Å²) in [5, 5.41) is 17.5. The fourth-order valence-corrected chi connectivity index (χ4v) is 4.41. The molecular weight excluding hydrogens is 434 g/mol. The minimum atomic E-state index is -4.09. The van der Waals surface area contributed by atoms with E-state index in [4.69, 9.17) is 10.2 Å². The first-order valence-electron chi connectivity index (χ1n) is 5.55. The van der Waals surface area contributed by atoms with Gasteiger partial charge in [0.1, 0.15) is 6.04 Å². The molecule has 0 heterocycles. The van der Waals surface area contributed by atoms with Gasteiger partial charge >= 0.3 is 11.9 Å². The number of rotatable bonds is 7. The minimum Gasteiger partial charge on any atom is -0.481 e. The Balaban J connectivity index is 3.00. The first-order valence-corrected chi connectivity index (χ1v) is 8.62. The Bertz CT molecular complexity index is 661. The molecule has 116 valence electrons. The summed E-state index contributed by atoms with van der Waals surface area (Å²) >= 11 is 6.25. The van der Waals surface area contributed by atoms with Gasteiger partial charge in [-0.05, 0) is 40.5 Å². The number of carboxylic acid groups (broad SMARTS) is 2. The van der Waals surface area contributed by atoms with E-state index >= 15 is 0 Å². The van der Waals surface area contributed by atoms with Crippen LogP contribution in [0.2, 0.25) is 0 Å². The molecule has 0 saturated carbocycles. The number of sulfonamides is 1. The molecule has 1 rings (SSSR count). The Morgan fingerprint density at radius 1 is 1.24 bits per heavy atom. The molecule has 1 atom stereocenters. The first kappa shape index (κ1) is 18.1. The standard InChI is InChI=1S/C11H11Br2NO6S/c12-6-1-3-9(7(13)5-6)21(19,20)14-8(11(17)18)2-4-10(15)16/h1,3,5,8,14H,2,4H2,(H,15,16)(H,17,18)/t8-/m0/s1. The normalized spacial score (nSPS) is 12.9. The highest BCUT2D eigenvalue weighted by Crippen LogP contribution is 2.25. The number of carboxylic acids is 2. The molecule has 1 aromatic rings. The van der Waals surface area contributed by atoms with Gasteiger partial charge in [-0.2, -0.15) is 4.72 Å². The van der Waals surface area contributed by atoms with Crippen LogP contribution in [-0.4, -0.2) is 36.6 Å². The van der Waals surface area contributed by atoms with Crippen LogP contribution in [-0.2, 0) is 19.6 Å². The SMILES string of the molecule is O=C(O)CC[C@H](NS(=O)(=O)c1ccc(Br)cc1Br)C(=O)O. The third kappa shape index (κ3) is 5.38. The van der Waals surface area contributed by atoms with Crippen LogP contribution in [0.5, 0.6) is 0 Å². The van der Waals surface area contributed by atoms with Crippen molar-refractivity contribution in [3.8, 4) is 0 Å². The van der Waals surface area contributed by atoms with Gasteiger partial charge in [0.05, 0.1) is 4.90 Å². The fraction of sp³-hybridized carbons (Fsp3) is 0.273. The zero-order chi connectivity index (χ0) is 16.2. The predicted molar refractivity (Wildman–Crippen MR) is 80.5 cm³/mol. The summed E-state index contributed by atoms with van der Waals surface area (Å²) in [7, 11) is -4.09. The molecule has 21 heavy (non-hydrogen) atoms. The van der Waals surface area contributed by atoms with Crippen LogP contribution in [0.4, 0.5) is 0 Å². The monoisotopic (exact) mass is 443 g/mol. The molecule has 0 spiro atoms. The van der Waals surface area contributed by atoms with Crippen LogP contribution >= 0.6 is 31.9 Å². The quantitative estimate of drug-likeness (QED) is 0.589. The van der Waals surface area contributed by atoms with Gasteiger partial charge in [0, 0.05) is 15.4 Å². The summed E-state index contributed by atoms with van der Waals surface area (Å²) in [6.45, 7) is 0. The van der Waals surface area contributed by atoms with Crippen molar-refractivity contribution in [2.45, 2.75) is 23.8 Å². The molecule has 0 aliphatic heterocycles. The van der Waals surface area contributed by atoms with Gasteiger partial charge < -0.3 is 10.2 Å². The second-order valence-corrected chi connectivity index (χ2v) is 7.47. The van der Waals surface area contributed by atoms with Gasteiger partial charge in [-0.15, -0.1) is 0 Å². The summed E-state index contributed by atoms with van der Waals surface area (Å²) in [5.41, 5.74) is 0. The van der Waals surface area contributed by atoms with Crippen molar-refractivity contribution >= 4 is 53.8 Å². The summed E-state index contributed by atoms with van der Waals surface area (Å²) in [6.07, 6.45) is -0.807. The number of halogens is 2. The van der Waals surface area contributed by atoms with Gasteiger partial charge in [-0.3, -0.25) is 9.59 Å².